The van der Waals surface area contributed by atoms with Crippen LogP contribution >= 0.6 is 34.4 Å². The van der Waals surface area contributed by atoms with Crippen LogP contribution in [0.2, 0.25) is 0 Å². The van der Waals surface area contributed by atoms with Crippen LogP contribution in [0.15, 0.2) is 58.4 Å². The minimum atomic E-state index is -0.410. The van der Waals surface area contributed by atoms with Gasteiger partial charge >= 0.3 is 0 Å². The van der Waals surface area contributed by atoms with E-state index < -0.39 is 5.25 Å². The maximum atomic E-state index is 12.5. The molecule has 0 aliphatic carbocycles. The highest BCUT2D eigenvalue weighted by atomic mass is 32.2. The van der Waals surface area contributed by atoms with Gasteiger partial charge in [-0.2, -0.15) is 0 Å². The Balaban J connectivity index is 1.41. The van der Waals surface area contributed by atoms with Crippen molar-refractivity contribution in [3.05, 3.63) is 53.2 Å². The number of nitrogens with one attached hydrogen (secondary N) is 1. The number of hydrogen-bond donors (Lipinski definition) is 2. The molecule has 0 saturated heterocycles. The Morgan fingerprint density at radius 3 is 2.75 bits per heavy atom. The molecular formula is C18H16N6OS3. The van der Waals surface area contributed by atoms with Gasteiger partial charge in [0.2, 0.25) is 11.1 Å². The fraction of sp³-hybridized carbons (Fsp3) is 0.111. The van der Waals surface area contributed by atoms with Crippen molar-refractivity contribution in [2.24, 2.45) is 0 Å². The van der Waals surface area contributed by atoms with E-state index >= 15 is 0 Å². The smallest absolute Gasteiger partial charge is 0.239 e. The first-order valence-corrected chi connectivity index (χ1v) is 11.0. The molecule has 0 aliphatic heterocycles. The van der Waals surface area contributed by atoms with Gasteiger partial charge in [0.1, 0.15) is 0 Å². The van der Waals surface area contributed by atoms with Gasteiger partial charge in [0.25, 0.3) is 0 Å². The number of nitrogens with two attached hydrogens (primary N) is 1. The molecule has 1 unspecified atom stereocenters. The van der Waals surface area contributed by atoms with Gasteiger partial charge in [-0.25, -0.2) is 9.66 Å². The van der Waals surface area contributed by atoms with E-state index in [-0.39, 0.29) is 5.91 Å². The lowest BCUT2D eigenvalue weighted by Crippen LogP contribution is -2.23. The maximum Gasteiger partial charge on any atom is 0.239 e. The van der Waals surface area contributed by atoms with E-state index in [0.29, 0.717) is 16.1 Å². The number of thiazole rings is 1. The summed E-state index contributed by atoms with van der Waals surface area (Å²) in [6.45, 7) is 1.80. The number of hydrogen-bond acceptors (Lipinski definition) is 8. The molecule has 0 radical (unpaired) electrons. The average molecular weight is 429 g/mol. The van der Waals surface area contributed by atoms with E-state index in [0.717, 1.165) is 16.1 Å². The lowest BCUT2D eigenvalue weighted by Gasteiger charge is -2.09. The van der Waals surface area contributed by atoms with E-state index in [9.17, 15) is 4.79 Å². The van der Waals surface area contributed by atoms with Gasteiger partial charge in [-0.3, -0.25) is 4.79 Å². The molecule has 3 heterocycles. The van der Waals surface area contributed by atoms with Gasteiger partial charge in [-0.1, -0.05) is 48.2 Å². The summed E-state index contributed by atoms with van der Waals surface area (Å²) >= 11 is 4.18. The lowest BCUT2D eigenvalue weighted by molar-refractivity contribution is -0.115. The number of aromatic nitrogens is 4. The third kappa shape index (κ3) is 3.93. The summed E-state index contributed by atoms with van der Waals surface area (Å²) in [6.07, 6.45) is 0. The maximum absolute atomic E-state index is 12.5. The van der Waals surface area contributed by atoms with Gasteiger partial charge in [0, 0.05) is 10.9 Å². The van der Waals surface area contributed by atoms with Crippen LogP contribution in [0.4, 0.5) is 5.13 Å². The fourth-order valence-electron chi connectivity index (χ4n) is 2.42. The first-order valence-electron chi connectivity index (χ1n) is 8.34. The van der Waals surface area contributed by atoms with Crippen molar-refractivity contribution >= 4 is 45.5 Å². The van der Waals surface area contributed by atoms with Crippen LogP contribution in [0.5, 0.6) is 0 Å². The SMILES string of the molecule is CC(Sc1nnc(-c2cccs2)n1N)C(=O)Nc1nc(-c2ccccc2)cs1. The lowest BCUT2D eigenvalue weighted by atomic mass is 10.2. The minimum absolute atomic E-state index is 0.167. The summed E-state index contributed by atoms with van der Waals surface area (Å²) in [7, 11) is 0. The predicted octanol–water partition coefficient (Wildman–Crippen LogP) is 3.96. The fourth-order valence-corrected chi connectivity index (χ4v) is 4.62. The second-order valence-corrected chi connectivity index (χ2v) is 8.92. The molecule has 1 amide bonds. The quantitative estimate of drug-likeness (QED) is 0.356. The number of anilines is 1. The Bertz CT molecular complexity index is 1070. The van der Waals surface area contributed by atoms with Crippen LogP contribution in [0.3, 0.4) is 0 Å². The Morgan fingerprint density at radius 2 is 2.00 bits per heavy atom. The van der Waals surface area contributed by atoms with E-state index in [4.69, 9.17) is 5.84 Å². The van der Waals surface area contributed by atoms with Crippen molar-refractivity contribution in [3.8, 4) is 22.0 Å². The summed E-state index contributed by atoms with van der Waals surface area (Å²) < 4.78 is 1.41. The van der Waals surface area contributed by atoms with Crippen molar-refractivity contribution in [2.45, 2.75) is 17.3 Å². The van der Waals surface area contributed by atoms with Crippen LogP contribution in [-0.2, 0) is 4.79 Å². The number of carbonyl (C=O) groups is 1. The molecule has 0 fully saturated rings. The van der Waals surface area contributed by atoms with E-state index in [2.05, 4.69) is 20.5 Å². The molecule has 0 spiro atoms. The topological polar surface area (TPSA) is 98.7 Å². The van der Waals surface area contributed by atoms with Crippen LogP contribution in [0, 0.1) is 0 Å². The second-order valence-electron chi connectivity index (χ2n) is 5.81. The molecule has 7 nitrogen and oxygen atoms in total. The van der Waals surface area contributed by atoms with Gasteiger partial charge in [0.15, 0.2) is 11.0 Å². The van der Waals surface area contributed by atoms with Crippen LogP contribution < -0.4 is 11.2 Å². The third-order valence-electron chi connectivity index (χ3n) is 3.86. The number of thiophene rings is 1. The molecule has 4 aromatic rings. The number of nitrogen functional groups attached to an aromatic ring is 1. The van der Waals surface area contributed by atoms with E-state index in [1.807, 2.05) is 53.2 Å². The highest BCUT2D eigenvalue weighted by Crippen LogP contribution is 2.29. The first-order chi connectivity index (χ1) is 13.6. The van der Waals surface area contributed by atoms with Gasteiger partial charge in [-0.15, -0.1) is 32.9 Å². The number of thioether (sulfide) groups is 1. The third-order valence-corrected chi connectivity index (χ3v) is 6.54. The number of carbonyl (C=O) groups excluding carboxylic acids is 1. The molecule has 0 aliphatic rings. The molecule has 28 heavy (non-hydrogen) atoms. The second kappa shape index (κ2) is 8.13. The summed E-state index contributed by atoms with van der Waals surface area (Å²) in [5.74, 6) is 6.51. The van der Waals surface area contributed by atoms with Crippen molar-refractivity contribution in [2.75, 3.05) is 11.2 Å². The summed E-state index contributed by atoms with van der Waals surface area (Å²) in [5, 5.41) is 15.6. The van der Waals surface area contributed by atoms with Gasteiger partial charge in [0.05, 0.1) is 15.8 Å². The molecule has 4 rings (SSSR count). The molecule has 1 aromatic carbocycles. The summed E-state index contributed by atoms with van der Waals surface area (Å²) in [4.78, 5) is 18.0. The average Bonchev–Trinajstić information content (AvgIpc) is 3.45. The summed E-state index contributed by atoms with van der Waals surface area (Å²) in [5.41, 5.74) is 1.85. The number of benzene rings is 1. The molecule has 0 bridgehead atoms. The Kier molecular flexibility index (Phi) is 5.42. The molecular weight excluding hydrogens is 412 g/mol. The number of amides is 1. The molecule has 3 N–H and O–H groups in total. The van der Waals surface area contributed by atoms with Crippen molar-refractivity contribution < 1.29 is 4.79 Å². The summed E-state index contributed by atoms with van der Waals surface area (Å²) in [6, 6.07) is 13.7. The largest absolute Gasteiger partial charge is 0.335 e. The number of rotatable bonds is 6. The zero-order chi connectivity index (χ0) is 19.5. The van der Waals surface area contributed by atoms with Crippen LogP contribution in [0.1, 0.15) is 6.92 Å². The molecule has 10 heteroatoms. The highest BCUT2D eigenvalue weighted by molar-refractivity contribution is 8.00. The monoisotopic (exact) mass is 428 g/mol. The molecule has 3 aromatic heterocycles. The Morgan fingerprint density at radius 1 is 1.18 bits per heavy atom. The minimum Gasteiger partial charge on any atom is -0.335 e. The van der Waals surface area contributed by atoms with Crippen molar-refractivity contribution in [3.63, 3.8) is 0 Å². The Labute approximate surface area is 173 Å². The van der Waals surface area contributed by atoms with Gasteiger partial charge < -0.3 is 11.2 Å². The van der Waals surface area contributed by atoms with Crippen LogP contribution in [0.25, 0.3) is 22.0 Å². The highest BCUT2D eigenvalue weighted by Gasteiger charge is 2.21. The van der Waals surface area contributed by atoms with Gasteiger partial charge in [-0.05, 0) is 18.4 Å². The Hall–Kier alpha value is -2.69. The predicted molar refractivity (Wildman–Crippen MR) is 115 cm³/mol. The molecule has 142 valence electrons. The zero-order valence-electron chi connectivity index (χ0n) is 14.8. The van der Waals surface area contributed by atoms with Crippen LogP contribution in [-0.4, -0.2) is 31.0 Å². The van der Waals surface area contributed by atoms with E-state index in [1.54, 1.807) is 6.92 Å². The normalized spacial score (nSPS) is 12.0. The standard InChI is InChI=1S/C18H16N6OS3/c1-11(28-18-23-22-15(24(18)19)14-8-5-9-26-14)16(25)21-17-20-13(10-27-17)12-6-3-2-4-7-12/h2-11H,19H2,1H3,(H,20,21,25). The number of nitrogens with zero attached hydrogens (tertiary/aromatic N) is 4. The molecule has 1 atom stereocenters. The van der Waals surface area contributed by atoms with E-state index in [1.165, 1.54) is 39.1 Å². The molecule has 0 saturated carbocycles. The zero-order valence-corrected chi connectivity index (χ0v) is 17.2. The first kappa shape index (κ1) is 18.7. The van der Waals surface area contributed by atoms with Crippen molar-refractivity contribution in [1.29, 1.82) is 0 Å². The van der Waals surface area contributed by atoms with Crippen molar-refractivity contribution in [1.82, 2.24) is 19.9 Å².